The van der Waals surface area contributed by atoms with Crippen LogP contribution in [0.15, 0.2) is 146 Å². The van der Waals surface area contributed by atoms with Crippen LogP contribution in [0.5, 0.6) is 0 Å². The van der Waals surface area contributed by atoms with E-state index in [9.17, 15) is 19.2 Å². The fourth-order valence-electron chi connectivity index (χ4n) is 9.03. The largest absolute Gasteiger partial charge is 0.268 e. The molecule has 58 heavy (non-hydrogen) atoms. The first kappa shape index (κ1) is 34.4. The molecule has 11 rings (SSSR count). The highest BCUT2D eigenvalue weighted by atomic mass is 35.5. The molecular weight excluding hydrogens is 763 g/mol. The second kappa shape index (κ2) is 12.8. The van der Waals surface area contributed by atoms with Gasteiger partial charge in [0.1, 0.15) is 0 Å². The van der Waals surface area contributed by atoms with E-state index in [0.717, 1.165) is 35.1 Å². The molecule has 0 N–H and O–H groups in total. The van der Waals surface area contributed by atoms with Crippen molar-refractivity contribution < 1.29 is 19.2 Å². The molecule has 0 aliphatic carbocycles. The number of nitrogens with zero attached hydrogens (tertiary/aromatic N) is 2. The number of imide groups is 2. The topological polar surface area (TPSA) is 74.8 Å². The molecule has 0 unspecified atom stereocenters. The van der Waals surface area contributed by atoms with Crippen LogP contribution in [0.25, 0.3) is 43.1 Å². The minimum atomic E-state index is -0.481. The van der Waals surface area contributed by atoms with Crippen molar-refractivity contribution >= 4 is 101 Å². The molecule has 0 spiro atoms. The van der Waals surface area contributed by atoms with Gasteiger partial charge in [0.25, 0.3) is 23.6 Å². The second-order valence-electron chi connectivity index (χ2n) is 14.9. The van der Waals surface area contributed by atoms with Crippen LogP contribution in [0.2, 0.25) is 10.0 Å². The number of hydrogen-bond donors (Lipinski definition) is 0. The number of fused-ring (bicyclic) bond motifs is 2. The summed E-state index contributed by atoms with van der Waals surface area (Å²) in [4.78, 5) is 59.8. The Hall–Kier alpha value is -6.86. The molecule has 6 nitrogen and oxygen atoms in total. The predicted molar refractivity (Wildman–Crippen MR) is 231 cm³/mol. The Kier molecular flexibility index (Phi) is 7.61. The van der Waals surface area contributed by atoms with Gasteiger partial charge in [0.15, 0.2) is 0 Å². The van der Waals surface area contributed by atoms with E-state index in [4.69, 9.17) is 23.2 Å². The van der Waals surface area contributed by atoms with Crippen LogP contribution in [0, 0.1) is 0 Å². The van der Waals surface area contributed by atoms with Gasteiger partial charge in [-0.1, -0.05) is 120 Å². The van der Waals surface area contributed by atoms with Crippen LogP contribution < -0.4 is 9.80 Å². The standard InChI is InChI=1S/C50H28Cl2N2O4/c51-39-25-37-41-35(47(55)53(49(37)57)31-15-11-29(12-16-31)23-27-7-3-1-4-8-27)21-19-33-44-40(52)26-38-42-36(22-20-34(46(42)44)43(39)45(33)41)48(56)54(50(38)58)32-17-13-30(14-18-32)24-28-9-5-2-6-10-28/h1-22,25-26H,23-24H2. The van der Waals surface area contributed by atoms with Crippen molar-refractivity contribution in [1.29, 1.82) is 0 Å². The van der Waals surface area contributed by atoms with Crippen molar-refractivity contribution in [2.24, 2.45) is 0 Å². The van der Waals surface area contributed by atoms with Gasteiger partial charge in [0.05, 0.1) is 22.5 Å². The molecule has 0 saturated carbocycles. The Morgan fingerprint density at radius 1 is 0.345 bits per heavy atom. The Morgan fingerprint density at radius 3 is 1.07 bits per heavy atom. The van der Waals surface area contributed by atoms with Gasteiger partial charge in [0.2, 0.25) is 0 Å². The van der Waals surface area contributed by atoms with Gasteiger partial charge < -0.3 is 0 Å². The zero-order chi connectivity index (χ0) is 39.4. The molecule has 0 radical (unpaired) electrons. The highest BCUT2D eigenvalue weighted by molar-refractivity contribution is 6.52. The van der Waals surface area contributed by atoms with Gasteiger partial charge in [-0.15, -0.1) is 0 Å². The average Bonchev–Trinajstić information content (AvgIpc) is 3.24. The number of hydrogen-bond acceptors (Lipinski definition) is 4. The van der Waals surface area contributed by atoms with Crippen LogP contribution in [0.1, 0.15) is 63.7 Å². The SMILES string of the molecule is O=C1c2ccc3c4c(Cl)cc5c6c(ccc(c7c(Cl)cc(c2c37)C(=O)N1c1ccc(Cc2ccccc2)cc1)c64)C(=O)N(c1ccc(Cc2ccccc2)cc1)C5=O. The number of benzene rings is 9. The molecule has 2 aliphatic heterocycles. The summed E-state index contributed by atoms with van der Waals surface area (Å²) < 4.78 is 0. The lowest BCUT2D eigenvalue weighted by Crippen LogP contribution is -2.40. The van der Waals surface area contributed by atoms with Crippen LogP contribution in [-0.4, -0.2) is 23.6 Å². The van der Waals surface area contributed by atoms with Crippen molar-refractivity contribution in [3.05, 3.63) is 200 Å². The molecule has 0 aromatic heterocycles. The van der Waals surface area contributed by atoms with E-state index in [1.165, 1.54) is 9.80 Å². The second-order valence-corrected chi connectivity index (χ2v) is 15.7. The van der Waals surface area contributed by atoms with E-state index < -0.39 is 23.6 Å². The van der Waals surface area contributed by atoms with Gasteiger partial charge in [-0.2, -0.15) is 0 Å². The summed E-state index contributed by atoms with van der Waals surface area (Å²) in [6.45, 7) is 0. The minimum Gasteiger partial charge on any atom is -0.268 e. The van der Waals surface area contributed by atoms with E-state index in [-0.39, 0.29) is 0 Å². The maximum absolute atomic E-state index is 14.4. The minimum absolute atomic E-state index is 0.300. The molecule has 2 aliphatic rings. The Labute approximate surface area is 341 Å². The van der Waals surface area contributed by atoms with Crippen LogP contribution in [0.3, 0.4) is 0 Å². The zero-order valence-corrected chi connectivity index (χ0v) is 32.1. The summed E-state index contributed by atoms with van der Waals surface area (Å²) in [5.41, 5.74) is 6.66. The van der Waals surface area contributed by atoms with Gasteiger partial charge >= 0.3 is 0 Å². The Balaban J connectivity index is 1.03. The molecule has 0 bridgehead atoms. The quantitative estimate of drug-likeness (QED) is 0.0955. The van der Waals surface area contributed by atoms with Crippen molar-refractivity contribution in [2.75, 3.05) is 9.80 Å². The summed E-state index contributed by atoms with van der Waals surface area (Å²) in [6.07, 6.45) is 1.44. The van der Waals surface area contributed by atoms with E-state index in [2.05, 4.69) is 24.3 Å². The fraction of sp³-hybridized carbons (Fsp3) is 0.0400. The normalized spacial score (nSPS) is 13.9. The molecule has 9 aromatic carbocycles. The lowest BCUT2D eigenvalue weighted by molar-refractivity contribution is 0.0877. The predicted octanol–water partition coefficient (Wildman–Crippen LogP) is 11.8. The first-order chi connectivity index (χ1) is 28.3. The highest BCUT2D eigenvalue weighted by Crippen LogP contribution is 2.50. The maximum Gasteiger partial charge on any atom is 0.266 e. The first-order valence-electron chi connectivity index (χ1n) is 18.9. The number of rotatable bonds is 6. The van der Waals surface area contributed by atoms with Gasteiger partial charge in [-0.3, -0.25) is 19.2 Å². The van der Waals surface area contributed by atoms with Crippen molar-refractivity contribution in [2.45, 2.75) is 12.8 Å². The summed E-state index contributed by atoms with van der Waals surface area (Å²) in [6, 6.07) is 45.4. The van der Waals surface area contributed by atoms with Crippen LogP contribution >= 0.6 is 23.2 Å². The number of carbonyl (C=O) groups is 4. The smallest absolute Gasteiger partial charge is 0.266 e. The average molecular weight is 792 g/mol. The third-order valence-electron chi connectivity index (χ3n) is 11.6. The number of halogens is 2. The fourth-order valence-corrected chi connectivity index (χ4v) is 9.64. The maximum atomic E-state index is 14.4. The molecular formula is C50H28Cl2N2O4. The van der Waals surface area contributed by atoms with Crippen LogP contribution in [-0.2, 0) is 12.8 Å². The molecule has 4 amide bonds. The van der Waals surface area contributed by atoms with Crippen molar-refractivity contribution in [1.82, 2.24) is 0 Å². The van der Waals surface area contributed by atoms with Gasteiger partial charge in [-0.25, -0.2) is 9.80 Å². The molecule has 0 saturated heterocycles. The first-order valence-corrected chi connectivity index (χ1v) is 19.6. The molecule has 276 valence electrons. The van der Waals surface area contributed by atoms with Gasteiger partial charge in [-0.05, 0) is 94.4 Å². The number of anilines is 2. The summed E-state index contributed by atoms with van der Waals surface area (Å²) in [5, 5.41) is 5.39. The van der Waals surface area contributed by atoms with Crippen LogP contribution in [0.4, 0.5) is 11.4 Å². The van der Waals surface area contributed by atoms with E-state index in [0.29, 0.717) is 86.8 Å². The number of carbonyl (C=O) groups excluding carboxylic acids is 4. The third-order valence-corrected chi connectivity index (χ3v) is 12.2. The van der Waals surface area contributed by atoms with Crippen molar-refractivity contribution in [3.8, 4) is 0 Å². The highest BCUT2D eigenvalue weighted by Gasteiger charge is 2.39. The molecule has 0 fully saturated rings. The molecule has 8 heteroatoms. The lowest BCUT2D eigenvalue weighted by Gasteiger charge is -2.31. The van der Waals surface area contributed by atoms with Crippen molar-refractivity contribution in [3.63, 3.8) is 0 Å². The van der Waals surface area contributed by atoms with Gasteiger partial charge in [0, 0.05) is 53.5 Å². The van der Waals surface area contributed by atoms with E-state index >= 15 is 0 Å². The summed E-state index contributed by atoms with van der Waals surface area (Å²) in [7, 11) is 0. The third kappa shape index (κ3) is 4.99. The molecule has 2 heterocycles. The number of amides is 4. The van der Waals surface area contributed by atoms with E-state index in [1.54, 1.807) is 48.5 Å². The lowest BCUT2D eigenvalue weighted by atomic mass is 9.82. The monoisotopic (exact) mass is 790 g/mol. The zero-order valence-electron chi connectivity index (χ0n) is 30.6. The summed E-state index contributed by atoms with van der Waals surface area (Å²) in [5.74, 6) is -1.85. The van der Waals surface area contributed by atoms with E-state index in [1.807, 2.05) is 72.8 Å². The summed E-state index contributed by atoms with van der Waals surface area (Å²) >= 11 is 14.4. The molecule has 0 atom stereocenters. The molecule has 9 aromatic rings. The Morgan fingerprint density at radius 2 is 0.690 bits per heavy atom. The Bertz CT molecular complexity index is 3030.